The zero-order valence-electron chi connectivity index (χ0n) is 12.9. The highest BCUT2D eigenvalue weighted by molar-refractivity contribution is 6.05. The van der Waals surface area contributed by atoms with Crippen molar-refractivity contribution in [3.05, 3.63) is 53.6 Å². The van der Waals surface area contributed by atoms with Gasteiger partial charge in [0.25, 0.3) is 0 Å². The van der Waals surface area contributed by atoms with Gasteiger partial charge in [-0.3, -0.25) is 9.59 Å². The third kappa shape index (κ3) is 2.99. The fourth-order valence-corrected chi connectivity index (χ4v) is 2.77. The summed E-state index contributed by atoms with van der Waals surface area (Å²) >= 11 is 0. The lowest BCUT2D eigenvalue weighted by atomic mass is 9.93. The highest BCUT2D eigenvalue weighted by Gasteiger charge is 2.33. The molecule has 0 saturated carbocycles. The Hall–Kier alpha value is -2.76. The molecule has 4 nitrogen and oxygen atoms in total. The summed E-state index contributed by atoms with van der Waals surface area (Å²) in [7, 11) is 0. The first kappa shape index (κ1) is 16.1. The number of esters is 1. The number of carbonyl (C=O) groups excluding carboxylic acids is 2. The number of rotatable bonds is 4. The van der Waals surface area contributed by atoms with Gasteiger partial charge >= 0.3 is 5.97 Å². The molecular formula is C18H15F2NO3. The standard InChI is InChI=1S/C18H15F2NO3/c1-2-24-17(22)9-13-12-7-10(4-6-16(12)21-18(13)23)11-3-5-14(19)15(20)8-11/h3-8,13H,2,9H2,1H3,(H,21,23). The fourth-order valence-electron chi connectivity index (χ4n) is 2.77. The van der Waals surface area contributed by atoms with Gasteiger partial charge in [-0.1, -0.05) is 12.1 Å². The van der Waals surface area contributed by atoms with Gasteiger partial charge in [0.05, 0.1) is 18.9 Å². The summed E-state index contributed by atoms with van der Waals surface area (Å²) in [5.41, 5.74) is 2.39. The van der Waals surface area contributed by atoms with Gasteiger partial charge in [0.2, 0.25) is 5.91 Å². The third-order valence-electron chi connectivity index (χ3n) is 3.93. The average molecular weight is 331 g/mol. The van der Waals surface area contributed by atoms with Crippen LogP contribution >= 0.6 is 0 Å². The largest absolute Gasteiger partial charge is 0.466 e. The molecule has 0 bridgehead atoms. The number of hydrogen-bond donors (Lipinski definition) is 1. The highest BCUT2D eigenvalue weighted by atomic mass is 19.2. The Morgan fingerprint density at radius 1 is 1.12 bits per heavy atom. The molecule has 2 aromatic rings. The number of carbonyl (C=O) groups is 2. The lowest BCUT2D eigenvalue weighted by molar-refractivity contribution is -0.144. The van der Waals surface area contributed by atoms with Gasteiger partial charge in [0, 0.05) is 5.69 Å². The molecule has 6 heteroatoms. The third-order valence-corrected chi connectivity index (χ3v) is 3.93. The minimum Gasteiger partial charge on any atom is -0.466 e. The molecule has 0 spiro atoms. The second-order valence-electron chi connectivity index (χ2n) is 5.48. The van der Waals surface area contributed by atoms with Crippen molar-refractivity contribution in [3.8, 4) is 11.1 Å². The molecular weight excluding hydrogens is 316 g/mol. The number of halogens is 2. The first-order valence-electron chi connectivity index (χ1n) is 7.55. The average Bonchev–Trinajstić information content (AvgIpc) is 2.85. The van der Waals surface area contributed by atoms with Crippen molar-refractivity contribution in [2.45, 2.75) is 19.3 Å². The molecule has 0 aliphatic carbocycles. The van der Waals surface area contributed by atoms with E-state index in [0.717, 1.165) is 12.1 Å². The molecule has 1 heterocycles. The number of ether oxygens (including phenoxy) is 1. The van der Waals surface area contributed by atoms with E-state index in [4.69, 9.17) is 4.74 Å². The molecule has 0 fully saturated rings. The second kappa shape index (κ2) is 6.39. The highest BCUT2D eigenvalue weighted by Crippen LogP contribution is 2.37. The Balaban J connectivity index is 1.94. The van der Waals surface area contributed by atoms with E-state index in [1.54, 1.807) is 25.1 Å². The maximum atomic E-state index is 13.4. The molecule has 0 radical (unpaired) electrons. The van der Waals surface area contributed by atoms with Crippen LogP contribution in [0.2, 0.25) is 0 Å². The molecule has 1 amide bonds. The quantitative estimate of drug-likeness (QED) is 0.871. The summed E-state index contributed by atoms with van der Waals surface area (Å²) in [5.74, 6) is -3.24. The Bertz CT molecular complexity index is 820. The van der Waals surface area contributed by atoms with Crippen molar-refractivity contribution in [1.82, 2.24) is 0 Å². The summed E-state index contributed by atoms with van der Waals surface area (Å²) in [5, 5.41) is 2.71. The number of benzene rings is 2. The molecule has 1 unspecified atom stereocenters. The predicted molar refractivity (Wildman–Crippen MR) is 84.4 cm³/mol. The molecule has 1 atom stereocenters. The van der Waals surface area contributed by atoms with Crippen LogP contribution in [0, 0.1) is 11.6 Å². The SMILES string of the molecule is CCOC(=O)CC1C(=O)Nc2ccc(-c3ccc(F)c(F)c3)cc21. The van der Waals surface area contributed by atoms with Gasteiger partial charge in [-0.2, -0.15) is 0 Å². The summed E-state index contributed by atoms with van der Waals surface area (Å²) < 4.78 is 31.4. The van der Waals surface area contributed by atoms with E-state index in [1.165, 1.54) is 6.07 Å². The van der Waals surface area contributed by atoms with E-state index in [-0.39, 0.29) is 18.9 Å². The Labute approximate surface area is 137 Å². The molecule has 24 heavy (non-hydrogen) atoms. The lowest BCUT2D eigenvalue weighted by Crippen LogP contribution is -2.17. The van der Waals surface area contributed by atoms with Crippen LogP contribution in [-0.4, -0.2) is 18.5 Å². The molecule has 1 aliphatic heterocycles. The number of nitrogens with one attached hydrogen (secondary N) is 1. The van der Waals surface area contributed by atoms with Gasteiger partial charge in [-0.05, 0) is 47.9 Å². The number of amides is 1. The molecule has 1 N–H and O–H groups in total. The maximum Gasteiger partial charge on any atom is 0.306 e. The Kier molecular flexibility index (Phi) is 4.29. The predicted octanol–water partition coefficient (Wildman–Crippen LogP) is 3.62. The van der Waals surface area contributed by atoms with Crippen molar-refractivity contribution in [3.63, 3.8) is 0 Å². The van der Waals surface area contributed by atoms with Crippen LogP contribution in [0.3, 0.4) is 0 Å². The van der Waals surface area contributed by atoms with Crippen LogP contribution in [0.4, 0.5) is 14.5 Å². The van der Waals surface area contributed by atoms with E-state index >= 15 is 0 Å². The van der Waals surface area contributed by atoms with Crippen LogP contribution in [-0.2, 0) is 14.3 Å². The van der Waals surface area contributed by atoms with Crippen LogP contribution in [0.15, 0.2) is 36.4 Å². The summed E-state index contributed by atoms with van der Waals surface area (Å²) in [4.78, 5) is 23.8. The number of fused-ring (bicyclic) bond motifs is 1. The monoisotopic (exact) mass is 331 g/mol. The van der Waals surface area contributed by atoms with Crippen molar-refractivity contribution >= 4 is 17.6 Å². The van der Waals surface area contributed by atoms with Crippen LogP contribution in [0.1, 0.15) is 24.8 Å². The van der Waals surface area contributed by atoms with E-state index in [9.17, 15) is 18.4 Å². The maximum absolute atomic E-state index is 13.4. The number of hydrogen-bond acceptors (Lipinski definition) is 3. The van der Waals surface area contributed by atoms with Gasteiger partial charge < -0.3 is 10.1 Å². The van der Waals surface area contributed by atoms with Gasteiger partial charge in [-0.15, -0.1) is 0 Å². The first-order valence-corrected chi connectivity index (χ1v) is 7.55. The van der Waals surface area contributed by atoms with Crippen LogP contribution in [0.5, 0.6) is 0 Å². The Morgan fingerprint density at radius 2 is 1.83 bits per heavy atom. The summed E-state index contributed by atoms with van der Waals surface area (Å²) in [6, 6.07) is 8.72. The molecule has 124 valence electrons. The first-order chi connectivity index (χ1) is 11.5. The van der Waals surface area contributed by atoms with E-state index in [0.29, 0.717) is 22.4 Å². The van der Waals surface area contributed by atoms with Crippen LogP contribution in [0.25, 0.3) is 11.1 Å². The van der Waals surface area contributed by atoms with Gasteiger partial charge in [0.1, 0.15) is 0 Å². The zero-order valence-corrected chi connectivity index (χ0v) is 12.9. The summed E-state index contributed by atoms with van der Waals surface area (Å²) in [6.45, 7) is 1.94. The molecule has 3 rings (SSSR count). The minimum absolute atomic E-state index is 0.0616. The summed E-state index contributed by atoms with van der Waals surface area (Å²) in [6.07, 6.45) is -0.0616. The molecule has 0 saturated heterocycles. The van der Waals surface area contributed by atoms with Crippen molar-refractivity contribution in [2.75, 3.05) is 11.9 Å². The van der Waals surface area contributed by atoms with Crippen molar-refractivity contribution in [1.29, 1.82) is 0 Å². The minimum atomic E-state index is -0.940. The fraction of sp³-hybridized carbons (Fsp3) is 0.222. The second-order valence-corrected chi connectivity index (χ2v) is 5.48. The van der Waals surface area contributed by atoms with Crippen LogP contribution < -0.4 is 5.32 Å². The Morgan fingerprint density at radius 3 is 2.54 bits per heavy atom. The zero-order chi connectivity index (χ0) is 17.3. The van der Waals surface area contributed by atoms with Crippen molar-refractivity contribution in [2.24, 2.45) is 0 Å². The van der Waals surface area contributed by atoms with E-state index < -0.39 is 23.5 Å². The van der Waals surface area contributed by atoms with Crippen molar-refractivity contribution < 1.29 is 23.1 Å². The van der Waals surface area contributed by atoms with E-state index in [1.807, 2.05) is 0 Å². The topological polar surface area (TPSA) is 55.4 Å². The smallest absolute Gasteiger partial charge is 0.306 e. The normalized spacial score (nSPS) is 15.8. The van der Waals surface area contributed by atoms with Gasteiger partial charge in [0.15, 0.2) is 11.6 Å². The lowest BCUT2D eigenvalue weighted by Gasteiger charge is -2.10. The van der Waals surface area contributed by atoms with E-state index in [2.05, 4.69) is 5.32 Å². The number of anilines is 1. The van der Waals surface area contributed by atoms with Gasteiger partial charge in [-0.25, -0.2) is 8.78 Å². The molecule has 1 aliphatic rings. The molecule has 2 aromatic carbocycles. The molecule has 0 aromatic heterocycles.